The number of likely N-dealkylation sites (N-methyl/N-ethyl adjacent to an activating group) is 1. The third-order valence-corrected chi connectivity index (χ3v) is 11.6. The molecule has 1 atom stereocenters. The number of halogens is 1. The summed E-state index contributed by atoms with van der Waals surface area (Å²) in [5.74, 6) is -1.51. The Balaban J connectivity index is 0.708. The van der Waals surface area contributed by atoms with Gasteiger partial charge in [0.25, 0.3) is 23.3 Å². The predicted octanol–water partition coefficient (Wildman–Crippen LogP) is 2.42. The van der Waals surface area contributed by atoms with Gasteiger partial charge in [-0.1, -0.05) is 17.7 Å². The average molecular weight is 948 g/mol. The van der Waals surface area contributed by atoms with Crippen LogP contribution in [-0.4, -0.2) is 154 Å². The Labute approximate surface area is 390 Å². The molecule has 4 N–H and O–H groups in total. The number of ether oxygens (including phenoxy) is 6. The standard InChI is InChI=1S/C45H54ClN9O12/c1-47-38(57)27-67-36-25-28-24-29(6-7-34(28)53(2)43(36)60)50-40-32(46)26-49-45(52-40)54-13-10-30(11-14-54)66-23-22-65-21-20-64-19-18-63-17-16-62-15-12-48-33-5-3-4-31-39(33)44(61)55(42(31)59)35-8-9-37(56)51-41(35)58/h3-7,24-26,30,35,48H,8-23,27H2,1-2H3,(H,47,57)(H,49,50,52)(H,51,56,58). The number of fused-ring (bicyclic) bond motifs is 2. The number of imide groups is 2. The Morgan fingerprint density at radius 3 is 2.27 bits per heavy atom. The zero-order chi connectivity index (χ0) is 47.3. The maximum Gasteiger partial charge on any atom is 0.293 e. The van der Waals surface area contributed by atoms with Gasteiger partial charge in [-0.05, 0) is 55.7 Å². The van der Waals surface area contributed by atoms with Gasteiger partial charge in [0.15, 0.2) is 18.2 Å². The Kier molecular flexibility index (Phi) is 17.1. The van der Waals surface area contributed by atoms with Crippen LogP contribution in [0.3, 0.4) is 0 Å². The van der Waals surface area contributed by atoms with Gasteiger partial charge in [-0.25, -0.2) is 4.98 Å². The summed E-state index contributed by atoms with van der Waals surface area (Å²) in [6.07, 6.45) is 3.39. The molecular formula is C45H54ClN9O12. The molecule has 2 saturated heterocycles. The summed E-state index contributed by atoms with van der Waals surface area (Å²) in [7, 11) is 3.14. The number of benzene rings is 2. The number of rotatable bonds is 24. The van der Waals surface area contributed by atoms with Crippen molar-refractivity contribution < 1.29 is 52.4 Å². The Morgan fingerprint density at radius 1 is 0.866 bits per heavy atom. The second-order valence-electron chi connectivity index (χ2n) is 15.7. The van der Waals surface area contributed by atoms with E-state index in [4.69, 9.17) is 45.0 Å². The molecule has 5 heterocycles. The average Bonchev–Trinajstić information content (AvgIpc) is 3.58. The fourth-order valence-corrected chi connectivity index (χ4v) is 7.90. The lowest BCUT2D eigenvalue weighted by molar-refractivity contribution is -0.136. The van der Waals surface area contributed by atoms with E-state index in [0.29, 0.717) is 113 Å². The Morgan fingerprint density at radius 2 is 1.57 bits per heavy atom. The van der Waals surface area contributed by atoms with Crippen molar-refractivity contribution in [3.05, 3.63) is 75.2 Å². The van der Waals surface area contributed by atoms with Crippen molar-refractivity contribution in [2.75, 3.05) is 108 Å². The summed E-state index contributed by atoms with van der Waals surface area (Å²) >= 11 is 6.50. The van der Waals surface area contributed by atoms with Crippen LogP contribution in [0.25, 0.3) is 10.9 Å². The van der Waals surface area contributed by atoms with Gasteiger partial charge in [-0.15, -0.1) is 0 Å². The monoisotopic (exact) mass is 947 g/mol. The lowest BCUT2D eigenvalue weighted by Gasteiger charge is -2.32. The molecule has 21 nitrogen and oxygen atoms in total. The maximum absolute atomic E-state index is 13.2. The van der Waals surface area contributed by atoms with Gasteiger partial charge in [-0.3, -0.25) is 39.0 Å². The summed E-state index contributed by atoms with van der Waals surface area (Å²) in [4.78, 5) is 86.8. The van der Waals surface area contributed by atoms with Gasteiger partial charge >= 0.3 is 0 Å². The van der Waals surface area contributed by atoms with E-state index < -0.39 is 29.7 Å². The molecule has 4 aromatic rings. The first-order chi connectivity index (χ1) is 32.5. The first-order valence-electron chi connectivity index (χ1n) is 22.0. The summed E-state index contributed by atoms with van der Waals surface area (Å²) in [6.45, 7) is 5.10. The van der Waals surface area contributed by atoms with Crippen LogP contribution >= 0.6 is 11.6 Å². The molecular weight excluding hydrogens is 894 g/mol. The summed E-state index contributed by atoms with van der Waals surface area (Å²) in [5.41, 5.74) is 1.90. The van der Waals surface area contributed by atoms with E-state index in [1.807, 2.05) is 18.2 Å². The van der Waals surface area contributed by atoms with Crippen molar-refractivity contribution in [3.63, 3.8) is 0 Å². The van der Waals surface area contributed by atoms with Gasteiger partial charge in [0.05, 0.1) is 88.4 Å². The normalized spacial score (nSPS) is 16.4. The zero-order valence-corrected chi connectivity index (χ0v) is 38.1. The van der Waals surface area contributed by atoms with Crippen LogP contribution in [0.4, 0.5) is 23.1 Å². The SMILES string of the molecule is CNC(=O)COc1cc2cc(Nc3nc(N4CCC(OCCOCCOCCOCCOCCNc5cccc6c5C(=O)N(C5CCC(=O)NC5=O)C6=O)CC4)ncc3Cl)ccc2n(C)c1=O. The van der Waals surface area contributed by atoms with Crippen LogP contribution in [0.15, 0.2) is 53.5 Å². The van der Waals surface area contributed by atoms with Crippen LogP contribution < -0.4 is 36.5 Å². The minimum atomic E-state index is -1.02. The number of carbonyl (C=O) groups excluding carboxylic acids is 5. The summed E-state index contributed by atoms with van der Waals surface area (Å²) in [6, 6.07) is 11.0. The molecule has 0 spiro atoms. The second kappa shape index (κ2) is 23.5. The molecule has 0 radical (unpaired) electrons. The van der Waals surface area contributed by atoms with E-state index in [1.54, 1.807) is 37.5 Å². The Hall–Kier alpha value is -6.23. The van der Waals surface area contributed by atoms with Gasteiger partial charge in [0.2, 0.25) is 17.8 Å². The van der Waals surface area contributed by atoms with Crippen LogP contribution in [-0.2, 0) is 45.1 Å². The number of nitrogens with zero attached hydrogens (tertiary/aromatic N) is 5. The number of aryl methyl sites for hydroxylation is 1. The number of piperidine rings is 2. The van der Waals surface area contributed by atoms with E-state index in [2.05, 4.69) is 31.2 Å². The third kappa shape index (κ3) is 12.4. The molecule has 2 fully saturated rings. The van der Waals surface area contributed by atoms with Crippen molar-refractivity contribution in [3.8, 4) is 5.75 Å². The number of hydrogen-bond donors (Lipinski definition) is 4. The number of amides is 5. The molecule has 2 aromatic heterocycles. The van der Waals surface area contributed by atoms with Crippen LogP contribution in [0.1, 0.15) is 46.4 Å². The smallest absolute Gasteiger partial charge is 0.293 e. The molecule has 7 rings (SSSR count). The molecule has 3 aliphatic heterocycles. The molecule has 67 heavy (non-hydrogen) atoms. The number of aromatic nitrogens is 3. The first kappa shape index (κ1) is 48.7. The molecule has 0 bridgehead atoms. The predicted molar refractivity (Wildman–Crippen MR) is 245 cm³/mol. The minimum absolute atomic E-state index is 0.0559. The zero-order valence-electron chi connectivity index (χ0n) is 37.3. The molecule has 3 aliphatic rings. The maximum atomic E-state index is 13.2. The second-order valence-corrected chi connectivity index (χ2v) is 16.1. The van der Waals surface area contributed by atoms with Crippen molar-refractivity contribution in [2.45, 2.75) is 37.8 Å². The quantitative estimate of drug-likeness (QED) is 0.0582. The van der Waals surface area contributed by atoms with E-state index in [0.717, 1.165) is 23.1 Å². The van der Waals surface area contributed by atoms with Crippen LogP contribution in [0, 0.1) is 0 Å². The van der Waals surface area contributed by atoms with E-state index >= 15 is 0 Å². The van der Waals surface area contributed by atoms with Crippen LogP contribution in [0.5, 0.6) is 5.75 Å². The molecule has 0 aliphatic carbocycles. The fraction of sp³-hybridized carbons (Fsp3) is 0.467. The number of anilines is 4. The van der Waals surface area contributed by atoms with Gasteiger partial charge < -0.3 is 53.8 Å². The highest BCUT2D eigenvalue weighted by Crippen LogP contribution is 2.33. The van der Waals surface area contributed by atoms with E-state index in [9.17, 15) is 28.8 Å². The third-order valence-electron chi connectivity index (χ3n) is 11.3. The molecule has 22 heteroatoms. The molecule has 2 aromatic carbocycles. The van der Waals surface area contributed by atoms with Crippen LogP contribution in [0.2, 0.25) is 5.02 Å². The highest BCUT2D eigenvalue weighted by molar-refractivity contribution is 6.33. The summed E-state index contributed by atoms with van der Waals surface area (Å²) in [5, 5.41) is 12.1. The fourth-order valence-electron chi connectivity index (χ4n) is 7.76. The highest BCUT2D eigenvalue weighted by Gasteiger charge is 2.45. The van der Waals surface area contributed by atoms with Gasteiger partial charge in [0, 0.05) is 56.9 Å². The Bertz CT molecular complexity index is 2500. The number of hydrogen-bond acceptors (Lipinski definition) is 17. The van der Waals surface area contributed by atoms with Crippen molar-refractivity contribution >= 4 is 75.2 Å². The minimum Gasteiger partial charge on any atom is -0.478 e. The topological polar surface area (TPSA) is 243 Å². The van der Waals surface area contributed by atoms with Crippen molar-refractivity contribution in [1.82, 2.24) is 30.1 Å². The molecule has 358 valence electrons. The van der Waals surface area contributed by atoms with E-state index in [1.165, 1.54) is 11.6 Å². The molecule has 0 saturated carbocycles. The lowest BCUT2D eigenvalue weighted by Crippen LogP contribution is -2.54. The largest absolute Gasteiger partial charge is 0.478 e. The summed E-state index contributed by atoms with van der Waals surface area (Å²) < 4.78 is 35.5. The van der Waals surface area contributed by atoms with Gasteiger partial charge in [0.1, 0.15) is 11.1 Å². The highest BCUT2D eigenvalue weighted by atomic mass is 35.5. The number of nitrogens with one attached hydrogen (secondary N) is 4. The first-order valence-corrected chi connectivity index (χ1v) is 22.4. The van der Waals surface area contributed by atoms with E-state index in [-0.39, 0.29) is 53.9 Å². The van der Waals surface area contributed by atoms with Crippen molar-refractivity contribution in [1.29, 1.82) is 0 Å². The lowest BCUT2D eigenvalue weighted by atomic mass is 10.0. The number of carbonyl (C=O) groups is 5. The van der Waals surface area contributed by atoms with Crippen molar-refractivity contribution in [2.24, 2.45) is 7.05 Å². The molecule has 1 unspecified atom stereocenters. The van der Waals surface area contributed by atoms with Gasteiger partial charge in [-0.2, -0.15) is 4.98 Å². The molecule has 5 amide bonds. The number of pyridine rings is 1.